The van der Waals surface area contributed by atoms with E-state index in [1.54, 1.807) is 12.4 Å². The van der Waals surface area contributed by atoms with Gasteiger partial charge < -0.3 is 10.6 Å². The van der Waals surface area contributed by atoms with Gasteiger partial charge in [0.15, 0.2) is 5.82 Å². The third-order valence-electron chi connectivity index (χ3n) is 2.03. The Morgan fingerprint density at radius 2 is 1.88 bits per heavy atom. The molecule has 0 aliphatic rings. The molecule has 2 rings (SSSR count). The van der Waals surface area contributed by atoms with Crippen LogP contribution in [-0.4, -0.2) is 17.0 Å². The summed E-state index contributed by atoms with van der Waals surface area (Å²) in [4.78, 5) is 8.43. The monoisotopic (exact) mass is 326 g/mol. The first-order valence-corrected chi connectivity index (χ1v) is 5.89. The molecule has 0 aliphatic carbocycles. The number of nitrogens with zero attached hydrogens (tertiary/aromatic N) is 2. The van der Waals surface area contributed by atoms with E-state index in [1.165, 1.54) is 0 Å². The summed E-state index contributed by atoms with van der Waals surface area (Å²) in [6.45, 7) is 0. The molecule has 0 fully saturated rings. The molecule has 1 aromatic heterocycles. The van der Waals surface area contributed by atoms with Crippen LogP contribution in [0.3, 0.4) is 0 Å². The Morgan fingerprint density at radius 3 is 2.62 bits per heavy atom. The highest BCUT2D eigenvalue weighted by molar-refractivity contribution is 14.1. The van der Waals surface area contributed by atoms with Crippen molar-refractivity contribution in [3.8, 4) is 0 Å². The number of rotatable bonds is 3. The van der Waals surface area contributed by atoms with Crippen molar-refractivity contribution in [3.05, 3.63) is 40.2 Å². The number of aromatic nitrogens is 2. The van der Waals surface area contributed by atoms with E-state index in [2.05, 4.69) is 43.2 Å². The fourth-order valence-corrected chi connectivity index (χ4v) is 1.77. The first-order valence-electron chi connectivity index (χ1n) is 4.81. The van der Waals surface area contributed by atoms with Gasteiger partial charge in [0, 0.05) is 10.6 Å². The van der Waals surface area contributed by atoms with Crippen LogP contribution in [0, 0.1) is 3.57 Å². The van der Waals surface area contributed by atoms with E-state index >= 15 is 0 Å². The molecule has 1 heterocycles. The van der Waals surface area contributed by atoms with Gasteiger partial charge in [-0.3, -0.25) is 4.98 Å². The van der Waals surface area contributed by atoms with Crippen LogP contribution < -0.4 is 10.6 Å². The van der Waals surface area contributed by atoms with Gasteiger partial charge in [-0.2, -0.15) is 0 Å². The Morgan fingerprint density at radius 1 is 1.12 bits per heavy atom. The predicted molar refractivity (Wildman–Crippen MR) is 74.0 cm³/mol. The highest BCUT2D eigenvalue weighted by atomic mass is 127. The highest BCUT2D eigenvalue weighted by Gasteiger charge is 2.00. The first kappa shape index (κ1) is 11.1. The van der Waals surface area contributed by atoms with Gasteiger partial charge in [-0.05, 0) is 34.7 Å². The topological polar surface area (TPSA) is 49.8 Å². The number of hydrogen-bond donors (Lipinski definition) is 2. The molecule has 4 nitrogen and oxygen atoms in total. The Balaban J connectivity index is 2.24. The van der Waals surface area contributed by atoms with Crippen LogP contribution in [0.4, 0.5) is 17.3 Å². The van der Waals surface area contributed by atoms with Crippen molar-refractivity contribution >= 4 is 39.9 Å². The summed E-state index contributed by atoms with van der Waals surface area (Å²) in [7, 11) is 1.82. The zero-order valence-electron chi connectivity index (χ0n) is 8.74. The molecule has 0 aliphatic heterocycles. The largest absolute Gasteiger partial charge is 0.372 e. The second-order valence-corrected chi connectivity index (χ2v) is 4.31. The zero-order valence-corrected chi connectivity index (χ0v) is 10.9. The minimum Gasteiger partial charge on any atom is -0.372 e. The lowest BCUT2D eigenvalue weighted by Gasteiger charge is -2.08. The maximum absolute atomic E-state index is 4.34. The van der Waals surface area contributed by atoms with Gasteiger partial charge in [0.1, 0.15) is 5.82 Å². The van der Waals surface area contributed by atoms with Crippen LogP contribution in [0.5, 0.6) is 0 Å². The molecule has 0 unspecified atom stereocenters. The zero-order chi connectivity index (χ0) is 11.4. The summed E-state index contributed by atoms with van der Waals surface area (Å²) >= 11 is 2.28. The highest BCUT2D eigenvalue weighted by Crippen LogP contribution is 2.20. The number of anilines is 3. The average molecular weight is 326 g/mol. The standard InChI is InChI=1S/C11H11IN4/c1-13-10-6-14-7-11(16-10)15-9-5-3-2-4-8(9)12/h2-7H,1H3,(H2,13,15,16). The second kappa shape index (κ2) is 5.11. The smallest absolute Gasteiger partial charge is 0.151 e. The summed E-state index contributed by atoms with van der Waals surface area (Å²) in [5.41, 5.74) is 1.03. The van der Waals surface area contributed by atoms with Gasteiger partial charge in [0.2, 0.25) is 0 Å². The normalized spacial score (nSPS) is 9.88. The maximum atomic E-state index is 4.34. The number of halogens is 1. The van der Waals surface area contributed by atoms with Crippen molar-refractivity contribution < 1.29 is 0 Å². The third kappa shape index (κ3) is 2.60. The summed E-state index contributed by atoms with van der Waals surface area (Å²) < 4.78 is 1.15. The van der Waals surface area contributed by atoms with Crippen molar-refractivity contribution in [1.29, 1.82) is 0 Å². The second-order valence-electron chi connectivity index (χ2n) is 3.14. The molecular formula is C11H11IN4. The van der Waals surface area contributed by atoms with Crippen LogP contribution in [0.1, 0.15) is 0 Å². The van der Waals surface area contributed by atoms with Crippen LogP contribution in [-0.2, 0) is 0 Å². The minimum atomic E-state index is 0.732. The van der Waals surface area contributed by atoms with Crippen LogP contribution >= 0.6 is 22.6 Å². The quantitative estimate of drug-likeness (QED) is 0.852. The van der Waals surface area contributed by atoms with E-state index in [4.69, 9.17) is 0 Å². The lowest BCUT2D eigenvalue weighted by molar-refractivity contribution is 1.18. The van der Waals surface area contributed by atoms with E-state index in [0.717, 1.165) is 20.9 Å². The van der Waals surface area contributed by atoms with E-state index < -0.39 is 0 Å². The fraction of sp³-hybridized carbons (Fsp3) is 0.0909. The Kier molecular flexibility index (Phi) is 3.55. The molecule has 0 atom stereocenters. The summed E-state index contributed by atoms with van der Waals surface area (Å²) in [5, 5.41) is 6.18. The van der Waals surface area contributed by atoms with Gasteiger partial charge in [0.25, 0.3) is 0 Å². The fourth-order valence-electron chi connectivity index (χ4n) is 1.25. The average Bonchev–Trinajstić information content (AvgIpc) is 2.32. The lowest BCUT2D eigenvalue weighted by Crippen LogP contribution is -1.99. The molecule has 2 aromatic rings. The number of hydrogen-bond acceptors (Lipinski definition) is 4. The molecule has 0 bridgehead atoms. The van der Waals surface area contributed by atoms with Gasteiger partial charge >= 0.3 is 0 Å². The van der Waals surface area contributed by atoms with Gasteiger partial charge in [-0.15, -0.1) is 0 Å². The molecule has 0 spiro atoms. The van der Waals surface area contributed by atoms with Gasteiger partial charge in [-0.25, -0.2) is 4.98 Å². The van der Waals surface area contributed by atoms with Crippen molar-refractivity contribution in [2.24, 2.45) is 0 Å². The van der Waals surface area contributed by atoms with Gasteiger partial charge in [-0.1, -0.05) is 12.1 Å². The maximum Gasteiger partial charge on any atom is 0.151 e. The molecule has 0 amide bonds. The van der Waals surface area contributed by atoms with Crippen molar-refractivity contribution in [1.82, 2.24) is 9.97 Å². The van der Waals surface area contributed by atoms with Gasteiger partial charge in [0.05, 0.1) is 18.1 Å². The summed E-state index contributed by atoms with van der Waals surface area (Å²) in [6.07, 6.45) is 3.38. The number of para-hydroxylation sites is 1. The first-order chi connectivity index (χ1) is 7.79. The predicted octanol–water partition coefficient (Wildman–Crippen LogP) is 2.87. The molecule has 0 radical (unpaired) electrons. The van der Waals surface area contributed by atoms with Crippen molar-refractivity contribution in [2.45, 2.75) is 0 Å². The molecule has 1 aromatic carbocycles. The minimum absolute atomic E-state index is 0.732. The van der Waals surface area contributed by atoms with E-state index in [-0.39, 0.29) is 0 Å². The Hall–Kier alpha value is -1.37. The Bertz CT molecular complexity index is 487. The number of nitrogens with one attached hydrogen (secondary N) is 2. The van der Waals surface area contributed by atoms with E-state index in [0.29, 0.717) is 0 Å². The summed E-state index contributed by atoms with van der Waals surface area (Å²) in [5.74, 6) is 1.48. The summed E-state index contributed by atoms with van der Waals surface area (Å²) in [6, 6.07) is 8.04. The van der Waals surface area contributed by atoms with E-state index in [9.17, 15) is 0 Å². The van der Waals surface area contributed by atoms with Crippen molar-refractivity contribution in [2.75, 3.05) is 17.7 Å². The third-order valence-corrected chi connectivity index (χ3v) is 2.97. The Labute approximate surface area is 108 Å². The molecule has 82 valence electrons. The lowest BCUT2D eigenvalue weighted by atomic mass is 10.3. The molecule has 16 heavy (non-hydrogen) atoms. The van der Waals surface area contributed by atoms with Crippen molar-refractivity contribution in [3.63, 3.8) is 0 Å². The van der Waals surface area contributed by atoms with Crippen LogP contribution in [0.15, 0.2) is 36.7 Å². The molecule has 2 N–H and O–H groups in total. The van der Waals surface area contributed by atoms with Crippen LogP contribution in [0.25, 0.3) is 0 Å². The number of benzene rings is 1. The molecule has 5 heteroatoms. The van der Waals surface area contributed by atoms with E-state index in [1.807, 2.05) is 31.3 Å². The molecule has 0 saturated carbocycles. The molecule has 0 saturated heterocycles. The molecular weight excluding hydrogens is 315 g/mol. The van der Waals surface area contributed by atoms with Crippen LogP contribution in [0.2, 0.25) is 0 Å². The SMILES string of the molecule is CNc1cncc(Nc2ccccc2I)n1.